The van der Waals surface area contributed by atoms with Gasteiger partial charge in [0, 0.05) is 11.4 Å². The van der Waals surface area contributed by atoms with Crippen molar-refractivity contribution >= 4 is 29.7 Å². The van der Waals surface area contributed by atoms with Crippen molar-refractivity contribution in [3.63, 3.8) is 0 Å². The van der Waals surface area contributed by atoms with E-state index in [1.165, 1.54) is 18.4 Å². The third kappa shape index (κ3) is 7.51. The summed E-state index contributed by atoms with van der Waals surface area (Å²) in [6, 6.07) is 26.0. The highest BCUT2D eigenvalue weighted by molar-refractivity contribution is 6.01. The first kappa shape index (κ1) is 22.3. The van der Waals surface area contributed by atoms with Crippen molar-refractivity contribution in [1.29, 1.82) is 5.41 Å². The van der Waals surface area contributed by atoms with Crippen LogP contribution in [0.25, 0.3) is 0 Å². The van der Waals surface area contributed by atoms with Gasteiger partial charge >= 0.3 is 0 Å². The van der Waals surface area contributed by atoms with Crippen molar-refractivity contribution < 1.29 is 4.74 Å². The number of halogens is 1. The summed E-state index contributed by atoms with van der Waals surface area (Å²) in [5.74, 6) is 1.04. The maximum absolute atomic E-state index is 8.12. The molecule has 0 aromatic heterocycles. The van der Waals surface area contributed by atoms with Crippen molar-refractivity contribution in [1.82, 2.24) is 0 Å². The molecular formula is C24H28ClN3O. The van der Waals surface area contributed by atoms with Crippen molar-refractivity contribution in [3.8, 4) is 5.75 Å². The first-order valence-corrected chi connectivity index (χ1v) is 9.71. The Hall–Kier alpha value is -2.98. The fraction of sp³-hybridized carbons (Fsp3) is 0.208. The monoisotopic (exact) mass is 409 g/mol. The third-order valence-electron chi connectivity index (χ3n) is 4.41. The first-order chi connectivity index (χ1) is 13.7. The molecule has 0 spiro atoms. The summed E-state index contributed by atoms with van der Waals surface area (Å²) in [5, 5.41) is 14.3. The number of hydrogen-bond donors (Lipinski definition) is 3. The molecule has 3 aromatic rings. The fourth-order valence-electron chi connectivity index (χ4n) is 2.83. The standard InChI is InChI=1S/C24H27N3O.ClH/c1-2-3-7-19-10-12-21(13-11-19)26-24(25)27-22-14-16-23(17-15-22)28-18-20-8-5-4-6-9-20;/h4-6,8-17H,2-3,7,18H2,1H3,(H3,25,26,27);1H. The quantitative estimate of drug-likeness (QED) is 0.294. The fourth-order valence-corrected chi connectivity index (χ4v) is 2.83. The molecule has 0 heterocycles. The minimum atomic E-state index is 0. The molecule has 0 fully saturated rings. The Kier molecular flexibility index (Phi) is 9.06. The van der Waals surface area contributed by atoms with Gasteiger partial charge in [-0.2, -0.15) is 0 Å². The molecule has 4 nitrogen and oxygen atoms in total. The van der Waals surface area contributed by atoms with E-state index in [9.17, 15) is 0 Å². The van der Waals surface area contributed by atoms with E-state index >= 15 is 0 Å². The SMILES string of the molecule is CCCCc1ccc(NC(=N)Nc2ccc(OCc3ccccc3)cc2)cc1.Cl. The van der Waals surface area contributed by atoms with Crippen LogP contribution < -0.4 is 15.4 Å². The lowest BCUT2D eigenvalue weighted by atomic mass is 10.1. The van der Waals surface area contributed by atoms with Gasteiger partial charge in [0.15, 0.2) is 5.96 Å². The second-order valence-corrected chi connectivity index (χ2v) is 6.72. The van der Waals surface area contributed by atoms with Crippen molar-refractivity contribution in [2.24, 2.45) is 0 Å². The van der Waals surface area contributed by atoms with Crippen LogP contribution in [0, 0.1) is 5.41 Å². The van der Waals surface area contributed by atoms with Crippen molar-refractivity contribution in [3.05, 3.63) is 90.0 Å². The summed E-state index contributed by atoms with van der Waals surface area (Å²) in [6.07, 6.45) is 3.50. The van der Waals surface area contributed by atoms with Gasteiger partial charge in [-0.05, 0) is 60.4 Å². The van der Waals surface area contributed by atoms with Gasteiger partial charge in [-0.1, -0.05) is 55.8 Å². The van der Waals surface area contributed by atoms with Gasteiger partial charge in [0.05, 0.1) is 0 Å². The van der Waals surface area contributed by atoms with Crippen LogP contribution in [0.3, 0.4) is 0 Å². The van der Waals surface area contributed by atoms with E-state index in [1.54, 1.807) is 0 Å². The normalized spacial score (nSPS) is 9.97. The Morgan fingerprint density at radius 2 is 1.38 bits per heavy atom. The number of benzene rings is 3. The average molecular weight is 410 g/mol. The zero-order valence-electron chi connectivity index (χ0n) is 16.7. The molecule has 0 saturated heterocycles. The van der Waals surface area contributed by atoms with Crippen LogP contribution in [0.2, 0.25) is 0 Å². The zero-order valence-corrected chi connectivity index (χ0v) is 17.5. The highest BCUT2D eigenvalue weighted by Crippen LogP contribution is 2.18. The zero-order chi connectivity index (χ0) is 19.6. The molecule has 0 bridgehead atoms. The number of unbranched alkanes of at least 4 members (excludes halogenated alkanes) is 1. The van der Waals surface area contributed by atoms with Crippen LogP contribution >= 0.6 is 12.4 Å². The second kappa shape index (κ2) is 11.8. The van der Waals surface area contributed by atoms with E-state index in [1.807, 2.05) is 66.7 Å². The molecule has 0 radical (unpaired) electrons. The Balaban J connectivity index is 0.00000300. The third-order valence-corrected chi connectivity index (χ3v) is 4.41. The highest BCUT2D eigenvalue weighted by Gasteiger charge is 2.01. The molecule has 0 aliphatic heterocycles. The number of nitrogens with one attached hydrogen (secondary N) is 3. The van der Waals surface area contributed by atoms with Crippen LogP contribution in [0.15, 0.2) is 78.9 Å². The molecule has 0 saturated carbocycles. The summed E-state index contributed by atoms with van der Waals surface area (Å²) >= 11 is 0. The number of guanidine groups is 1. The summed E-state index contributed by atoms with van der Waals surface area (Å²) in [5.41, 5.74) is 4.21. The number of aryl methyl sites for hydroxylation is 1. The predicted molar refractivity (Wildman–Crippen MR) is 124 cm³/mol. The number of anilines is 2. The lowest BCUT2D eigenvalue weighted by Crippen LogP contribution is -2.20. The Bertz CT molecular complexity index is 865. The van der Waals surface area contributed by atoms with Crippen LogP contribution in [0.1, 0.15) is 30.9 Å². The van der Waals surface area contributed by atoms with Crippen LogP contribution in [0.4, 0.5) is 11.4 Å². The molecule has 3 N–H and O–H groups in total. The molecular weight excluding hydrogens is 382 g/mol. The van der Waals surface area contributed by atoms with E-state index in [0.29, 0.717) is 6.61 Å². The number of ether oxygens (including phenoxy) is 1. The largest absolute Gasteiger partial charge is 0.489 e. The number of rotatable bonds is 8. The van der Waals surface area contributed by atoms with Gasteiger partial charge in [-0.15, -0.1) is 12.4 Å². The smallest absolute Gasteiger partial charge is 0.197 e. The Morgan fingerprint density at radius 3 is 1.97 bits per heavy atom. The summed E-state index contributed by atoms with van der Waals surface area (Å²) in [4.78, 5) is 0. The highest BCUT2D eigenvalue weighted by atomic mass is 35.5. The van der Waals surface area contributed by atoms with Crippen LogP contribution in [-0.4, -0.2) is 5.96 Å². The molecule has 0 atom stereocenters. The lowest BCUT2D eigenvalue weighted by Gasteiger charge is -2.12. The van der Waals surface area contributed by atoms with E-state index in [4.69, 9.17) is 10.1 Å². The number of hydrogen-bond acceptors (Lipinski definition) is 2. The minimum absolute atomic E-state index is 0. The molecule has 5 heteroatoms. The molecule has 0 amide bonds. The lowest BCUT2D eigenvalue weighted by molar-refractivity contribution is 0.306. The average Bonchev–Trinajstić information content (AvgIpc) is 2.73. The first-order valence-electron chi connectivity index (χ1n) is 9.71. The summed E-state index contributed by atoms with van der Waals surface area (Å²) in [7, 11) is 0. The summed E-state index contributed by atoms with van der Waals surface area (Å²) in [6.45, 7) is 2.74. The topological polar surface area (TPSA) is 57.1 Å². The molecule has 152 valence electrons. The molecule has 3 aromatic carbocycles. The molecule has 3 rings (SSSR count). The van der Waals surface area contributed by atoms with E-state index in [0.717, 1.165) is 29.1 Å². The van der Waals surface area contributed by atoms with E-state index in [2.05, 4.69) is 29.7 Å². The molecule has 0 aliphatic rings. The van der Waals surface area contributed by atoms with Crippen LogP contribution in [-0.2, 0) is 13.0 Å². The molecule has 29 heavy (non-hydrogen) atoms. The van der Waals surface area contributed by atoms with Crippen LogP contribution in [0.5, 0.6) is 5.75 Å². The molecule has 0 unspecified atom stereocenters. The van der Waals surface area contributed by atoms with Crippen molar-refractivity contribution in [2.45, 2.75) is 32.8 Å². The van der Waals surface area contributed by atoms with Gasteiger partial charge in [0.25, 0.3) is 0 Å². The van der Waals surface area contributed by atoms with Gasteiger partial charge in [0.2, 0.25) is 0 Å². The Morgan fingerprint density at radius 1 is 0.793 bits per heavy atom. The minimum Gasteiger partial charge on any atom is -0.489 e. The van der Waals surface area contributed by atoms with Gasteiger partial charge in [-0.3, -0.25) is 5.41 Å². The van der Waals surface area contributed by atoms with Crippen molar-refractivity contribution in [2.75, 3.05) is 10.6 Å². The van der Waals surface area contributed by atoms with E-state index < -0.39 is 0 Å². The predicted octanol–water partition coefficient (Wildman–Crippen LogP) is 6.49. The van der Waals surface area contributed by atoms with Gasteiger partial charge in [0.1, 0.15) is 12.4 Å². The Labute approximate surface area is 179 Å². The maximum atomic E-state index is 8.12. The van der Waals surface area contributed by atoms with E-state index in [-0.39, 0.29) is 18.4 Å². The second-order valence-electron chi connectivity index (χ2n) is 6.72. The van der Waals surface area contributed by atoms with Gasteiger partial charge in [-0.25, -0.2) is 0 Å². The summed E-state index contributed by atoms with van der Waals surface area (Å²) < 4.78 is 5.79. The maximum Gasteiger partial charge on any atom is 0.197 e. The molecule has 0 aliphatic carbocycles. The van der Waals surface area contributed by atoms with Gasteiger partial charge < -0.3 is 15.4 Å².